The van der Waals surface area contributed by atoms with E-state index in [1.165, 1.54) is 13.0 Å². The number of nitrogens with one attached hydrogen (secondary N) is 1. The summed E-state index contributed by atoms with van der Waals surface area (Å²) in [5, 5.41) is 2.53. The Morgan fingerprint density at radius 3 is 2.64 bits per heavy atom. The molecule has 2 atom stereocenters. The second-order valence-electron chi connectivity index (χ2n) is 7.03. The van der Waals surface area contributed by atoms with Crippen molar-refractivity contribution in [2.75, 3.05) is 26.8 Å². The minimum atomic E-state index is -0.846. The van der Waals surface area contributed by atoms with Crippen LogP contribution in [0.2, 0.25) is 0 Å². The molecule has 1 aromatic carbocycles. The smallest absolute Gasteiger partial charge is 0.328 e. The maximum atomic E-state index is 12.1. The number of nitrogens with zero attached hydrogens (tertiary/aromatic N) is 1. The highest BCUT2D eigenvalue weighted by molar-refractivity contribution is 5.94. The highest BCUT2D eigenvalue weighted by Crippen LogP contribution is 2.15. The number of hydrogen-bond donors (Lipinski definition) is 1. The number of amides is 2. The Labute approximate surface area is 165 Å². The number of likely N-dealkylation sites (tertiary alicyclic amines) is 1. The monoisotopic (exact) mass is 388 g/mol. The molecule has 1 aromatic rings. The summed E-state index contributed by atoms with van der Waals surface area (Å²) in [5.41, 5.74) is 0.826. The zero-order chi connectivity index (χ0) is 20.5. The Bertz CT molecular complexity index is 714. The van der Waals surface area contributed by atoms with Crippen molar-refractivity contribution in [2.24, 2.45) is 5.92 Å². The molecule has 152 valence electrons. The summed E-state index contributed by atoms with van der Waals surface area (Å²) in [4.78, 5) is 37.9. The number of benzene rings is 1. The van der Waals surface area contributed by atoms with Crippen molar-refractivity contribution in [2.45, 2.75) is 32.7 Å². The van der Waals surface area contributed by atoms with Crippen molar-refractivity contribution < 1.29 is 23.9 Å². The normalized spacial score (nSPS) is 17.8. The fourth-order valence-electron chi connectivity index (χ4n) is 2.97. The quantitative estimate of drug-likeness (QED) is 0.571. The first-order valence-corrected chi connectivity index (χ1v) is 9.46. The molecule has 2 amide bonds. The van der Waals surface area contributed by atoms with Gasteiger partial charge in [-0.05, 0) is 49.5 Å². The number of methoxy groups -OCH3 is 1. The van der Waals surface area contributed by atoms with Gasteiger partial charge in [-0.1, -0.05) is 19.1 Å². The van der Waals surface area contributed by atoms with E-state index < -0.39 is 17.9 Å². The maximum Gasteiger partial charge on any atom is 0.328 e. The number of piperidine rings is 1. The molecule has 1 aliphatic heterocycles. The van der Waals surface area contributed by atoms with Crippen LogP contribution >= 0.6 is 0 Å². The first kappa shape index (κ1) is 21.5. The molecule has 1 fully saturated rings. The van der Waals surface area contributed by atoms with E-state index in [0.717, 1.165) is 24.2 Å². The summed E-state index contributed by atoms with van der Waals surface area (Å²) in [6.45, 7) is 4.72. The molecule has 0 bridgehead atoms. The summed E-state index contributed by atoms with van der Waals surface area (Å²) >= 11 is 0. The van der Waals surface area contributed by atoms with Crippen LogP contribution in [0.5, 0.6) is 5.75 Å². The molecule has 0 aromatic heterocycles. The molecular weight excluding hydrogens is 360 g/mol. The molecule has 0 unspecified atom stereocenters. The van der Waals surface area contributed by atoms with Gasteiger partial charge in [0.05, 0.1) is 7.11 Å². The van der Waals surface area contributed by atoms with Crippen LogP contribution in [0, 0.1) is 5.92 Å². The Hall–Kier alpha value is -2.83. The Kier molecular flexibility index (Phi) is 8.04. The molecule has 0 spiro atoms. The van der Waals surface area contributed by atoms with E-state index in [1.807, 2.05) is 12.1 Å². The van der Waals surface area contributed by atoms with E-state index in [9.17, 15) is 14.4 Å². The number of esters is 1. The fraction of sp³-hybridized carbons (Fsp3) is 0.476. The van der Waals surface area contributed by atoms with Crippen LogP contribution in [0.4, 0.5) is 0 Å². The summed E-state index contributed by atoms with van der Waals surface area (Å²) in [6.07, 6.45) is 5.05. The predicted octanol–water partition coefficient (Wildman–Crippen LogP) is 2.01. The SMILES string of the molecule is COc1ccc(/C=C/C(=O)N[C@@H](C)C(=O)OCC(=O)N2CCC[C@H](C)C2)cc1. The summed E-state index contributed by atoms with van der Waals surface area (Å²) in [7, 11) is 1.58. The summed E-state index contributed by atoms with van der Waals surface area (Å²) in [6, 6.07) is 6.36. The van der Waals surface area contributed by atoms with Crippen LogP contribution in [-0.4, -0.2) is 55.5 Å². The number of carbonyl (C=O) groups excluding carboxylic acids is 3. The van der Waals surface area contributed by atoms with Gasteiger partial charge in [0, 0.05) is 19.2 Å². The van der Waals surface area contributed by atoms with Crippen LogP contribution in [0.3, 0.4) is 0 Å². The largest absolute Gasteiger partial charge is 0.497 e. The van der Waals surface area contributed by atoms with Gasteiger partial charge in [0.15, 0.2) is 6.61 Å². The highest BCUT2D eigenvalue weighted by atomic mass is 16.5. The van der Waals surface area contributed by atoms with Gasteiger partial charge in [0.2, 0.25) is 5.91 Å². The number of carbonyl (C=O) groups is 3. The van der Waals surface area contributed by atoms with Crippen LogP contribution < -0.4 is 10.1 Å². The summed E-state index contributed by atoms with van der Waals surface area (Å²) < 4.78 is 10.1. The number of ether oxygens (including phenoxy) is 2. The third kappa shape index (κ3) is 6.72. The first-order valence-electron chi connectivity index (χ1n) is 9.46. The lowest BCUT2D eigenvalue weighted by Crippen LogP contribution is -2.43. The van der Waals surface area contributed by atoms with Crippen LogP contribution in [0.1, 0.15) is 32.3 Å². The van der Waals surface area contributed by atoms with Gasteiger partial charge in [0.25, 0.3) is 5.91 Å². The molecule has 0 aliphatic carbocycles. The van der Waals surface area contributed by atoms with Crippen LogP contribution in [0.15, 0.2) is 30.3 Å². The standard InChI is InChI=1S/C21H28N2O5/c1-15-5-4-12-23(13-15)20(25)14-28-21(26)16(2)22-19(24)11-8-17-6-9-18(27-3)10-7-17/h6-11,15-16H,4-5,12-14H2,1-3H3,(H,22,24)/b11-8+/t15-,16-/m0/s1. The zero-order valence-corrected chi connectivity index (χ0v) is 16.6. The highest BCUT2D eigenvalue weighted by Gasteiger charge is 2.23. The van der Waals surface area contributed by atoms with E-state index in [4.69, 9.17) is 9.47 Å². The van der Waals surface area contributed by atoms with Crippen molar-refractivity contribution in [3.63, 3.8) is 0 Å². The minimum Gasteiger partial charge on any atom is -0.497 e. The molecule has 0 radical (unpaired) electrons. The molecule has 28 heavy (non-hydrogen) atoms. The predicted molar refractivity (Wildman–Crippen MR) is 106 cm³/mol. The van der Waals surface area contributed by atoms with Gasteiger partial charge in [-0.25, -0.2) is 4.79 Å². The van der Waals surface area contributed by atoms with Crippen LogP contribution in [0.25, 0.3) is 6.08 Å². The molecule has 1 N–H and O–H groups in total. The lowest BCUT2D eigenvalue weighted by atomic mass is 10.0. The molecule has 7 nitrogen and oxygen atoms in total. The van der Waals surface area contributed by atoms with E-state index >= 15 is 0 Å². The Balaban J connectivity index is 1.75. The van der Waals surface area contributed by atoms with Gasteiger partial charge in [-0.3, -0.25) is 9.59 Å². The van der Waals surface area contributed by atoms with Crippen molar-refractivity contribution in [3.8, 4) is 5.75 Å². The fourth-order valence-corrected chi connectivity index (χ4v) is 2.97. The third-order valence-corrected chi connectivity index (χ3v) is 4.60. The minimum absolute atomic E-state index is 0.196. The van der Waals surface area contributed by atoms with Crippen molar-refractivity contribution in [1.29, 1.82) is 0 Å². The number of hydrogen-bond acceptors (Lipinski definition) is 5. The topological polar surface area (TPSA) is 84.9 Å². The molecule has 0 saturated carbocycles. The van der Waals surface area contributed by atoms with Gasteiger partial charge < -0.3 is 19.7 Å². The molecule has 1 heterocycles. The molecule has 2 rings (SSSR count). The molecular formula is C21H28N2O5. The number of rotatable bonds is 7. The van der Waals surface area contributed by atoms with E-state index in [1.54, 1.807) is 30.2 Å². The lowest BCUT2D eigenvalue weighted by molar-refractivity contribution is -0.154. The lowest BCUT2D eigenvalue weighted by Gasteiger charge is -2.30. The first-order chi connectivity index (χ1) is 13.4. The van der Waals surface area contributed by atoms with Gasteiger partial charge >= 0.3 is 5.97 Å². The van der Waals surface area contributed by atoms with Crippen molar-refractivity contribution >= 4 is 23.9 Å². The average Bonchev–Trinajstić information content (AvgIpc) is 2.70. The zero-order valence-electron chi connectivity index (χ0n) is 16.6. The summed E-state index contributed by atoms with van der Waals surface area (Å²) in [5.74, 6) is -0.0606. The molecule has 1 aliphatic rings. The van der Waals surface area contributed by atoms with E-state index in [-0.39, 0.29) is 12.5 Å². The average molecular weight is 388 g/mol. The van der Waals surface area contributed by atoms with E-state index in [2.05, 4.69) is 12.2 Å². The van der Waals surface area contributed by atoms with Crippen molar-refractivity contribution in [1.82, 2.24) is 10.2 Å². The van der Waals surface area contributed by atoms with Crippen molar-refractivity contribution in [3.05, 3.63) is 35.9 Å². The molecule has 7 heteroatoms. The van der Waals surface area contributed by atoms with Gasteiger partial charge in [-0.15, -0.1) is 0 Å². The second kappa shape index (κ2) is 10.5. The Morgan fingerprint density at radius 1 is 1.29 bits per heavy atom. The Morgan fingerprint density at radius 2 is 2.00 bits per heavy atom. The molecule has 1 saturated heterocycles. The van der Waals surface area contributed by atoms with Crippen LogP contribution in [-0.2, 0) is 19.1 Å². The van der Waals surface area contributed by atoms with Gasteiger partial charge in [0.1, 0.15) is 11.8 Å². The van der Waals surface area contributed by atoms with E-state index in [0.29, 0.717) is 19.0 Å². The van der Waals surface area contributed by atoms with Gasteiger partial charge in [-0.2, -0.15) is 0 Å². The maximum absolute atomic E-state index is 12.1. The second-order valence-corrected chi connectivity index (χ2v) is 7.03. The third-order valence-electron chi connectivity index (χ3n) is 4.60.